The molecule has 0 bridgehead atoms. The van der Waals surface area contributed by atoms with Crippen LogP contribution in [0, 0.1) is 0 Å². The van der Waals surface area contributed by atoms with Gasteiger partial charge in [-0.05, 0) is 19.8 Å². The topological polar surface area (TPSA) is 67.2 Å². The smallest absolute Gasteiger partial charge is 0.249 e. The van der Waals surface area contributed by atoms with E-state index in [0.29, 0.717) is 19.4 Å². The minimum Gasteiger partial charge on any atom is -0.340 e. The molecule has 1 aliphatic heterocycles. The van der Waals surface area contributed by atoms with Crippen molar-refractivity contribution in [1.82, 2.24) is 20.0 Å². The number of amides is 2. The molecule has 0 saturated carbocycles. The van der Waals surface area contributed by atoms with Crippen LogP contribution in [0.5, 0.6) is 0 Å². The van der Waals surface area contributed by atoms with E-state index in [1.807, 2.05) is 27.1 Å². The molecule has 0 aliphatic carbocycles. The lowest BCUT2D eigenvalue weighted by atomic mass is 9.87. The normalized spacial score (nSPS) is 22.0. The van der Waals surface area contributed by atoms with E-state index in [-0.39, 0.29) is 11.8 Å². The fourth-order valence-electron chi connectivity index (χ4n) is 2.67. The zero-order chi connectivity index (χ0) is 14.9. The fourth-order valence-corrected chi connectivity index (χ4v) is 2.67. The molecular weight excluding hydrogens is 256 g/mol. The minimum atomic E-state index is -0.758. The van der Waals surface area contributed by atoms with Crippen LogP contribution in [-0.2, 0) is 23.2 Å². The second-order valence-electron chi connectivity index (χ2n) is 5.41. The number of rotatable bonds is 4. The molecule has 1 N–H and O–H groups in total. The lowest BCUT2D eigenvalue weighted by Crippen LogP contribution is -2.69. The molecule has 1 saturated heterocycles. The summed E-state index contributed by atoms with van der Waals surface area (Å²) in [5.74, 6) is -0.0874. The number of carbonyl (C=O) groups is 2. The van der Waals surface area contributed by atoms with Crippen molar-refractivity contribution >= 4 is 11.8 Å². The van der Waals surface area contributed by atoms with Gasteiger partial charge in [0.15, 0.2) is 0 Å². The number of aryl methyl sites for hydroxylation is 1. The van der Waals surface area contributed by atoms with Gasteiger partial charge in [0.05, 0.1) is 6.20 Å². The van der Waals surface area contributed by atoms with E-state index in [9.17, 15) is 9.59 Å². The fraction of sp³-hybridized carbons (Fsp3) is 0.643. The molecule has 1 unspecified atom stereocenters. The molecule has 1 aliphatic rings. The van der Waals surface area contributed by atoms with Crippen LogP contribution in [0.3, 0.4) is 0 Å². The molecule has 0 radical (unpaired) electrons. The standard InChI is InChI=1S/C14H22N4O2/c1-5-14(6-2)13(20)18(10(3)12(19)16-14)9-11-7-15-17(4)8-11/h7-8,10H,5-6,9H2,1-4H3,(H,16,19). The molecule has 1 fully saturated rings. The molecule has 2 rings (SSSR count). The summed E-state index contributed by atoms with van der Waals surface area (Å²) in [6.07, 6.45) is 4.80. The Morgan fingerprint density at radius 1 is 1.35 bits per heavy atom. The Morgan fingerprint density at radius 3 is 2.50 bits per heavy atom. The second kappa shape index (κ2) is 5.26. The van der Waals surface area contributed by atoms with Crippen LogP contribution < -0.4 is 5.32 Å². The van der Waals surface area contributed by atoms with E-state index in [4.69, 9.17) is 0 Å². The van der Waals surface area contributed by atoms with Gasteiger partial charge in [0.1, 0.15) is 11.6 Å². The molecule has 1 aromatic rings. The van der Waals surface area contributed by atoms with Gasteiger partial charge in [-0.15, -0.1) is 0 Å². The van der Waals surface area contributed by atoms with Gasteiger partial charge in [0.25, 0.3) is 0 Å². The molecule has 1 atom stereocenters. The predicted molar refractivity (Wildman–Crippen MR) is 74.7 cm³/mol. The number of piperazine rings is 1. The Labute approximate surface area is 119 Å². The highest BCUT2D eigenvalue weighted by Gasteiger charge is 2.47. The maximum atomic E-state index is 12.8. The Morgan fingerprint density at radius 2 is 2.00 bits per heavy atom. The first kappa shape index (κ1) is 14.6. The van der Waals surface area contributed by atoms with Crippen LogP contribution in [-0.4, -0.2) is 38.1 Å². The van der Waals surface area contributed by atoms with Gasteiger partial charge >= 0.3 is 0 Å². The third kappa shape index (κ3) is 2.30. The van der Waals surface area contributed by atoms with Crippen LogP contribution in [0.2, 0.25) is 0 Å². The van der Waals surface area contributed by atoms with Gasteiger partial charge in [0.2, 0.25) is 11.8 Å². The Bertz CT molecular complexity index is 519. The number of nitrogens with zero attached hydrogens (tertiary/aromatic N) is 3. The number of hydrogen-bond acceptors (Lipinski definition) is 3. The maximum absolute atomic E-state index is 12.8. The number of nitrogens with one attached hydrogen (secondary N) is 1. The van der Waals surface area contributed by atoms with E-state index in [2.05, 4.69) is 10.4 Å². The van der Waals surface area contributed by atoms with Crippen molar-refractivity contribution in [1.29, 1.82) is 0 Å². The SMILES string of the molecule is CCC1(CC)NC(=O)C(C)N(Cc2cnn(C)c2)C1=O. The Kier molecular flexibility index (Phi) is 3.83. The first-order valence-corrected chi connectivity index (χ1v) is 7.04. The van der Waals surface area contributed by atoms with Crippen LogP contribution in [0.4, 0.5) is 0 Å². The van der Waals surface area contributed by atoms with Crippen molar-refractivity contribution in [2.45, 2.75) is 51.7 Å². The van der Waals surface area contributed by atoms with Crippen LogP contribution in [0.1, 0.15) is 39.2 Å². The summed E-state index contributed by atoms with van der Waals surface area (Å²) in [4.78, 5) is 26.6. The van der Waals surface area contributed by atoms with Crippen molar-refractivity contribution in [3.05, 3.63) is 18.0 Å². The molecule has 110 valence electrons. The van der Waals surface area contributed by atoms with Gasteiger partial charge < -0.3 is 10.2 Å². The largest absolute Gasteiger partial charge is 0.340 e. The van der Waals surface area contributed by atoms with Crippen LogP contribution in [0.15, 0.2) is 12.4 Å². The number of aromatic nitrogens is 2. The molecule has 0 aromatic carbocycles. The summed E-state index contributed by atoms with van der Waals surface area (Å²) in [6, 6.07) is -0.450. The molecule has 2 heterocycles. The van der Waals surface area contributed by atoms with Crippen LogP contribution in [0.25, 0.3) is 0 Å². The molecule has 6 nitrogen and oxygen atoms in total. The van der Waals surface area contributed by atoms with Crippen molar-refractivity contribution in [2.75, 3.05) is 0 Å². The van der Waals surface area contributed by atoms with E-state index < -0.39 is 11.6 Å². The van der Waals surface area contributed by atoms with E-state index in [1.54, 1.807) is 22.7 Å². The average Bonchev–Trinajstić information content (AvgIpc) is 2.84. The van der Waals surface area contributed by atoms with Crippen LogP contribution >= 0.6 is 0 Å². The van der Waals surface area contributed by atoms with Crippen molar-refractivity contribution in [3.8, 4) is 0 Å². The number of hydrogen-bond donors (Lipinski definition) is 1. The average molecular weight is 278 g/mol. The molecular formula is C14H22N4O2. The predicted octanol–water partition coefficient (Wildman–Crippen LogP) is 0.826. The summed E-state index contributed by atoms with van der Waals surface area (Å²) in [6.45, 7) is 6.04. The van der Waals surface area contributed by atoms with Gasteiger partial charge in [0, 0.05) is 25.4 Å². The van der Waals surface area contributed by atoms with Gasteiger partial charge in [-0.25, -0.2) is 0 Å². The van der Waals surface area contributed by atoms with Gasteiger partial charge in [-0.2, -0.15) is 5.10 Å². The monoisotopic (exact) mass is 278 g/mol. The summed E-state index contributed by atoms with van der Waals surface area (Å²) >= 11 is 0. The molecule has 2 amide bonds. The summed E-state index contributed by atoms with van der Waals surface area (Å²) in [7, 11) is 1.83. The highest BCUT2D eigenvalue weighted by Crippen LogP contribution is 2.26. The van der Waals surface area contributed by atoms with E-state index in [1.165, 1.54) is 0 Å². The van der Waals surface area contributed by atoms with E-state index >= 15 is 0 Å². The summed E-state index contributed by atoms with van der Waals surface area (Å²) in [5, 5.41) is 7.00. The highest BCUT2D eigenvalue weighted by molar-refractivity contribution is 5.99. The first-order chi connectivity index (χ1) is 9.43. The highest BCUT2D eigenvalue weighted by atomic mass is 16.2. The first-order valence-electron chi connectivity index (χ1n) is 7.04. The molecule has 6 heteroatoms. The second-order valence-corrected chi connectivity index (χ2v) is 5.41. The molecule has 1 aromatic heterocycles. The molecule has 0 spiro atoms. The Balaban J connectivity index is 2.28. The third-order valence-electron chi connectivity index (χ3n) is 4.20. The zero-order valence-electron chi connectivity index (χ0n) is 12.5. The van der Waals surface area contributed by atoms with Gasteiger partial charge in [-0.1, -0.05) is 13.8 Å². The summed E-state index contributed by atoms with van der Waals surface area (Å²) in [5.41, 5.74) is 0.176. The van der Waals surface area contributed by atoms with E-state index in [0.717, 1.165) is 5.56 Å². The summed E-state index contributed by atoms with van der Waals surface area (Å²) < 4.78 is 1.70. The van der Waals surface area contributed by atoms with Crippen molar-refractivity contribution in [3.63, 3.8) is 0 Å². The Hall–Kier alpha value is -1.85. The van der Waals surface area contributed by atoms with Crippen molar-refractivity contribution < 1.29 is 9.59 Å². The van der Waals surface area contributed by atoms with Crippen molar-refractivity contribution in [2.24, 2.45) is 7.05 Å². The third-order valence-corrected chi connectivity index (χ3v) is 4.20. The number of carbonyl (C=O) groups excluding carboxylic acids is 2. The quantitative estimate of drug-likeness (QED) is 0.887. The molecule has 20 heavy (non-hydrogen) atoms. The lowest BCUT2D eigenvalue weighted by Gasteiger charge is -2.44. The minimum absolute atomic E-state index is 0.00143. The lowest BCUT2D eigenvalue weighted by molar-refractivity contribution is -0.155. The maximum Gasteiger partial charge on any atom is 0.249 e. The zero-order valence-corrected chi connectivity index (χ0v) is 12.5. The van der Waals surface area contributed by atoms with Gasteiger partial charge in [-0.3, -0.25) is 14.3 Å².